The summed E-state index contributed by atoms with van der Waals surface area (Å²) in [6.07, 6.45) is -0.880. The molecule has 0 aliphatic heterocycles. The van der Waals surface area contributed by atoms with Crippen LogP contribution in [0.2, 0.25) is 0 Å². The molecular formula is C19H23NO3. The monoisotopic (exact) mass is 313 g/mol. The fourth-order valence-electron chi connectivity index (χ4n) is 3.35. The van der Waals surface area contributed by atoms with E-state index in [1.807, 2.05) is 42.5 Å². The molecule has 0 radical (unpaired) electrons. The van der Waals surface area contributed by atoms with Gasteiger partial charge in [0.05, 0.1) is 19.3 Å². The lowest BCUT2D eigenvalue weighted by molar-refractivity contribution is 0.0297. The molecule has 1 aliphatic rings. The zero-order chi connectivity index (χ0) is 16.2. The lowest BCUT2D eigenvalue weighted by Gasteiger charge is -2.24. The first-order chi connectivity index (χ1) is 11.2. The molecule has 0 saturated heterocycles. The highest BCUT2D eigenvalue weighted by Gasteiger charge is 2.41. The third-order valence-electron chi connectivity index (χ3n) is 4.59. The number of hydrogen-bond donors (Lipinski definition) is 3. The Morgan fingerprint density at radius 2 is 1.87 bits per heavy atom. The Labute approximate surface area is 136 Å². The zero-order valence-corrected chi connectivity index (χ0v) is 13.2. The zero-order valence-electron chi connectivity index (χ0n) is 13.2. The molecule has 23 heavy (non-hydrogen) atoms. The number of benzene rings is 2. The number of methoxy groups -OCH3 is 1. The predicted octanol–water partition coefficient (Wildman–Crippen LogP) is 2.06. The first-order valence-corrected chi connectivity index (χ1v) is 7.96. The van der Waals surface area contributed by atoms with Gasteiger partial charge in [-0.3, -0.25) is 0 Å². The van der Waals surface area contributed by atoms with E-state index >= 15 is 0 Å². The summed E-state index contributed by atoms with van der Waals surface area (Å²) in [6.45, 7) is 0.620. The number of ether oxygens (including phenoxy) is 1. The molecule has 2 aromatic carbocycles. The lowest BCUT2D eigenvalue weighted by Crippen LogP contribution is -2.41. The van der Waals surface area contributed by atoms with Crippen LogP contribution in [0.25, 0.3) is 0 Å². The number of nitrogens with one attached hydrogen (secondary N) is 1. The topological polar surface area (TPSA) is 61.7 Å². The van der Waals surface area contributed by atoms with Crippen molar-refractivity contribution in [3.8, 4) is 5.75 Å². The summed E-state index contributed by atoms with van der Waals surface area (Å²) < 4.78 is 5.24. The van der Waals surface area contributed by atoms with E-state index in [1.54, 1.807) is 7.11 Å². The summed E-state index contributed by atoms with van der Waals surface area (Å²) >= 11 is 0. The number of rotatable bonds is 5. The van der Waals surface area contributed by atoms with Crippen LogP contribution in [-0.4, -0.2) is 35.6 Å². The van der Waals surface area contributed by atoms with Crippen LogP contribution in [-0.2, 0) is 6.54 Å². The summed E-state index contributed by atoms with van der Waals surface area (Å²) in [5, 5.41) is 23.8. The van der Waals surface area contributed by atoms with E-state index in [1.165, 1.54) is 0 Å². The van der Waals surface area contributed by atoms with Crippen LogP contribution in [0, 0.1) is 0 Å². The summed E-state index contributed by atoms with van der Waals surface area (Å²) in [4.78, 5) is 0. The lowest BCUT2D eigenvalue weighted by atomic mass is 9.93. The third kappa shape index (κ3) is 3.55. The fraction of sp³-hybridized carbons (Fsp3) is 0.368. The first kappa shape index (κ1) is 16.0. The van der Waals surface area contributed by atoms with Gasteiger partial charge < -0.3 is 20.3 Å². The van der Waals surface area contributed by atoms with Crippen molar-refractivity contribution in [3.63, 3.8) is 0 Å². The normalized spacial score (nSPS) is 27.1. The average Bonchev–Trinajstić information content (AvgIpc) is 2.89. The van der Waals surface area contributed by atoms with Crippen LogP contribution < -0.4 is 10.1 Å². The molecule has 3 N–H and O–H groups in total. The van der Waals surface area contributed by atoms with Gasteiger partial charge in [0.2, 0.25) is 0 Å². The second-order valence-corrected chi connectivity index (χ2v) is 6.07. The van der Waals surface area contributed by atoms with Crippen molar-refractivity contribution in [2.24, 2.45) is 0 Å². The smallest absolute Gasteiger partial charge is 0.119 e. The quantitative estimate of drug-likeness (QED) is 0.791. The highest BCUT2D eigenvalue weighted by Crippen LogP contribution is 2.35. The molecule has 4 nitrogen and oxygen atoms in total. The summed E-state index contributed by atoms with van der Waals surface area (Å²) in [5.74, 6) is 0.919. The number of hydrogen-bond acceptors (Lipinski definition) is 4. The van der Waals surface area contributed by atoms with Crippen molar-refractivity contribution in [1.82, 2.24) is 5.32 Å². The molecule has 4 atom stereocenters. The van der Waals surface area contributed by atoms with Gasteiger partial charge in [-0.1, -0.05) is 42.5 Å². The van der Waals surface area contributed by atoms with Gasteiger partial charge in [0.1, 0.15) is 5.75 Å². The Balaban J connectivity index is 1.73. The van der Waals surface area contributed by atoms with E-state index in [4.69, 9.17) is 4.74 Å². The van der Waals surface area contributed by atoms with Crippen LogP contribution in [0.3, 0.4) is 0 Å². The largest absolute Gasteiger partial charge is 0.497 e. The van der Waals surface area contributed by atoms with Gasteiger partial charge >= 0.3 is 0 Å². The molecule has 0 bridgehead atoms. The second-order valence-electron chi connectivity index (χ2n) is 6.07. The van der Waals surface area contributed by atoms with E-state index in [0.717, 1.165) is 16.9 Å². The van der Waals surface area contributed by atoms with Crippen molar-refractivity contribution in [1.29, 1.82) is 0 Å². The Morgan fingerprint density at radius 1 is 1.09 bits per heavy atom. The van der Waals surface area contributed by atoms with E-state index in [0.29, 0.717) is 13.0 Å². The molecule has 1 aliphatic carbocycles. The number of aliphatic hydroxyl groups is 2. The Morgan fingerprint density at radius 3 is 2.61 bits per heavy atom. The third-order valence-corrected chi connectivity index (χ3v) is 4.59. The molecule has 1 fully saturated rings. The molecule has 0 spiro atoms. The van der Waals surface area contributed by atoms with Crippen molar-refractivity contribution in [2.45, 2.75) is 37.1 Å². The molecule has 3 rings (SSSR count). The minimum atomic E-state index is -0.759. The molecule has 4 heteroatoms. The molecule has 2 aromatic rings. The highest BCUT2D eigenvalue weighted by atomic mass is 16.5. The Hall–Kier alpha value is -1.88. The maximum Gasteiger partial charge on any atom is 0.119 e. The van der Waals surface area contributed by atoms with Crippen molar-refractivity contribution in [3.05, 3.63) is 65.7 Å². The van der Waals surface area contributed by atoms with Crippen LogP contribution in [0.5, 0.6) is 5.75 Å². The van der Waals surface area contributed by atoms with Gasteiger partial charge in [-0.25, -0.2) is 0 Å². The Kier molecular flexibility index (Phi) is 4.96. The molecule has 0 aromatic heterocycles. The Bertz CT molecular complexity index is 632. The van der Waals surface area contributed by atoms with Crippen LogP contribution in [0.4, 0.5) is 0 Å². The standard InChI is InChI=1S/C19H23NO3/c1-23-15-9-5-6-13(10-15)12-20-18-16(11-17(21)19(18)22)14-7-3-2-4-8-14/h2-10,16-22H,11-12H2,1H3. The first-order valence-electron chi connectivity index (χ1n) is 7.96. The van der Waals surface area contributed by atoms with Crippen molar-refractivity contribution < 1.29 is 14.9 Å². The predicted molar refractivity (Wildman–Crippen MR) is 89.4 cm³/mol. The summed E-state index contributed by atoms with van der Waals surface area (Å²) in [5.41, 5.74) is 2.23. The molecule has 4 unspecified atom stereocenters. The van der Waals surface area contributed by atoms with Gasteiger partial charge in [-0.2, -0.15) is 0 Å². The van der Waals surface area contributed by atoms with Crippen LogP contribution in [0.1, 0.15) is 23.5 Å². The maximum atomic E-state index is 10.3. The average molecular weight is 313 g/mol. The summed E-state index contributed by atoms with van der Waals surface area (Å²) in [6, 6.07) is 17.7. The molecular weight excluding hydrogens is 290 g/mol. The molecule has 1 saturated carbocycles. The molecule has 0 amide bonds. The highest BCUT2D eigenvalue weighted by molar-refractivity contribution is 5.29. The van der Waals surface area contributed by atoms with Gasteiger partial charge in [0.25, 0.3) is 0 Å². The van der Waals surface area contributed by atoms with Crippen molar-refractivity contribution in [2.75, 3.05) is 7.11 Å². The molecule has 122 valence electrons. The second kappa shape index (κ2) is 7.13. The SMILES string of the molecule is COc1cccc(CNC2C(c3ccccc3)CC(O)C2O)c1. The maximum absolute atomic E-state index is 10.3. The van der Waals surface area contributed by atoms with E-state index in [9.17, 15) is 10.2 Å². The van der Waals surface area contributed by atoms with Gasteiger partial charge in [-0.05, 0) is 29.7 Å². The minimum Gasteiger partial charge on any atom is -0.497 e. The molecule has 0 heterocycles. The van der Waals surface area contributed by atoms with E-state index < -0.39 is 12.2 Å². The van der Waals surface area contributed by atoms with Gasteiger partial charge in [0, 0.05) is 18.5 Å². The van der Waals surface area contributed by atoms with Crippen LogP contribution in [0.15, 0.2) is 54.6 Å². The summed E-state index contributed by atoms with van der Waals surface area (Å²) in [7, 11) is 1.65. The van der Waals surface area contributed by atoms with E-state index in [-0.39, 0.29) is 12.0 Å². The van der Waals surface area contributed by atoms with Gasteiger partial charge in [0.15, 0.2) is 0 Å². The fourth-order valence-corrected chi connectivity index (χ4v) is 3.35. The van der Waals surface area contributed by atoms with E-state index in [2.05, 4.69) is 17.4 Å². The number of aliphatic hydroxyl groups excluding tert-OH is 2. The van der Waals surface area contributed by atoms with Gasteiger partial charge in [-0.15, -0.1) is 0 Å². The van der Waals surface area contributed by atoms with Crippen molar-refractivity contribution >= 4 is 0 Å². The minimum absolute atomic E-state index is 0.104. The van der Waals surface area contributed by atoms with Crippen LogP contribution >= 0.6 is 0 Å².